The third-order valence-corrected chi connectivity index (χ3v) is 4.90. The molecular weight excluding hydrogens is 257 g/mol. The molecule has 0 aliphatic heterocycles. The average Bonchev–Trinajstić information content (AvgIpc) is 2.98. The summed E-state index contributed by atoms with van der Waals surface area (Å²) in [5, 5.41) is 12.5. The van der Waals surface area contributed by atoms with Gasteiger partial charge in [-0.2, -0.15) is 0 Å². The quantitative estimate of drug-likeness (QED) is 0.890. The molecule has 4 heteroatoms. The standard InChI is InChI=1S/C16H20FNO2/c1-9-4-12(7-13(17)5-9)16(20)18-15-11-3-2-10(6-11)14(15)8-19/h4-5,7,10-11,14-15,19H,2-3,6,8H2,1H3,(H,18,20). The molecule has 3 rings (SSSR count). The number of nitrogens with one attached hydrogen (secondary N) is 1. The molecule has 3 nitrogen and oxygen atoms in total. The summed E-state index contributed by atoms with van der Waals surface area (Å²) in [6.45, 7) is 1.89. The second kappa shape index (κ2) is 5.17. The van der Waals surface area contributed by atoms with Crippen LogP contribution in [0, 0.1) is 30.5 Å². The Hall–Kier alpha value is -1.42. The Balaban J connectivity index is 1.75. The largest absolute Gasteiger partial charge is 0.396 e. The van der Waals surface area contributed by atoms with Crippen LogP contribution in [-0.4, -0.2) is 23.7 Å². The van der Waals surface area contributed by atoms with Crippen LogP contribution in [0.1, 0.15) is 35.2 Å². The molecule has 2 saturated carbocycles. The molecule has 0 radical (unpaired) electrons. The van der Waals surface area contributed by atoms with Gasteiger partial charge < -0.3 is 10.4 Å². The van der Waals surface area contributed by atoms with Crippen molar-refractivity contribution in [1.29, 1.82) is 0 Å². The number of hydrogen-bond acceptors (Lipinski definition) is 2. The van der Waals surface area contributed by atoms with Crippen LogP contribution in [0.3, 0.4) is 0 Å². The van der Waals surface area contributed by atoms with Gasteiger partial charge in [-0.25, -0.2) is 4.39 Å². The zero-order chi connectivity index (χ0) is 14.3. The van der Waals surface area contributed by atoms with Crippen LogP contribution < -0.4 is 5.32 Å². The second-order valence-electron chi connectivity index (χ2n) is 6.20. The second-order valence-corrected chi connectivity index (χ2v) is 6.20. The van der Waals surface area contributed by atoms with Crippen molar-refractivity contribution in [2.24, 2.45) is 17.8 Å². The fourth-order valence-corrected chi connectivity index (χ4v) is 4.00. The molecule has 2 aliphatic rings. The normalized spacial score (nSPS) is 31.6. The number of aryl methyl sites for hydroxylation is 1. The zero-order valence-electron chi connectivity index (χ0n) is 11.6. The predicted octanol–water partition coefficient (Wildman–Crippen LogP) is 2.27. The molecule has 0 saturated heterocycles. The number of aliphatic hydroxyl groups excluding tert-OH is 1. The molecule has 0 spiro atoms. The summed E-state index contributed by atoms with van der Waals surface area (Å²) < 4.78 is 13.4. The third-order valence-electron chi connectivity index (χ3n) is 4.90. The van der Waals surface area contributed by atoms with Crippen LogP contribution in [-0.2, 0) is 0 Å². The van der Waals surface area contributed by atoms with Gasteiger partial charge in [-0.3, -0.25) is 4.79 Å². The molecular formula is C16H20FNO2. The lowest BCUT2D eigenvalue weighted by Gasteiger charge is -2.30. The molecule has 0 aromatic heterocycles. The monoisotopic (exact) mass is 277 g/mol. The van der Waals surface area contributed by atoms with E-state index in [9.17, 15) is 14.3 Å². The van der Waals surface area contributed by atoms with Crippen LogP contribution in [0.5, 0.6) is 0 Å². The Morgan fingerprint density at radius 1 is 1.35 bits per heavy atom. The highest BCUT2D eigenvalue weighted by molar-refractivity contribution is 5.94. The van der Waals surface area contributed by atoms with E-state index < -0.39 is 0 Å². The van der Waals surface area contributed by atoms with Crippen molar-refractivity contribution in [2.75, 3.05) is 6.61 Å². The van der Waals surface area contributed by atoms with E-state index in [0.717, 1.165) is 24.8 Å². The third kappa shape index (κ3) is 2.33. The molecule has 4 atom stereocenters. The summed E-state index contributed by atoms with van der Waals surface area (Å²) in [6, 6.07) is 4.41. The summed E-state index contributed by atoms with van der Waals surface area (Å²) in [4.78, 5) is 12.3. The highest BCUT2D eigenvalue weighted by atomic mass is 19.1. The molecule has 1 amide bonds. The van der Waals surface area contributed by atoms with Crippen LogP contribution in [0.25, 0.3) is 0 Å². The molecule has 1 aromatic carbocycles. The summed E-state index contributed by atoms with van der Waals surface area (Å²) >= 11 is 0. The maximum absolute atomic E-state index is 13.4. The Kier molecular flexibility index (Phi) is 3.50. The first-order valence-electron chi connectivity index (χ1n) is 7.27. The van der Waals surface area contributed by atoms with Gasteiger partial charge in [0.2, 0.25) is 0 Å². The van der Waals surface area contributed by atoms with Gasteiger partial charge in [-0.05, 0) is 61.8 Å². The fraction of sp³-hybridized carbons (Fsp3) is 0.562. The number of aliphatic hydroxyl groups is 1. The van der Waals surface area contributed by atoms with Crippen LogP contribution in [0.2, 0.25) is 0 Å². The molecule has 2 aliphatic carbocycles. The van der Waals surface area contributed by atoms with E-state index in [1.807, 2.05) is 0 Å². The molecule has 2 N–H and O–H groups in total. The minimum Gasteiger partial charge on any atom is -0.396 e. The lowest BCUT2D eigenvalue weighted by molar-refractivity contribution is 0.0861. The summed E-state index contributed by atoms with van der Waals surface area (Å²) in [5.41, 5.74) is 1.10. The van der Waals surface area contributed by atoms with E-state index in [-0.39, 0.29) is 30.3 Å². The van der Waals surface area contributed by atoms with E-state index in [4.69, 9.17) is 0 Å². The van der Waals surface area contributed by atoms with Crippen LogP contribution in [0.4, 0.5) is 4.39 Å². The smallest absolute Gasteiger partial charge is 0.251 e. The van der Waals surface area contributed by atoms with E-state index in [1.54, 1.807) is 13.0 Å². The first-order valence-corrected chi connectivity index (χ1v) is 7.27. The van der Waals surface area contributed by atoms with Gasteiger partial charge >= 0.3 is 0 Å². The highest BCUT2D eigenvalue weighted by Crippen LogP contribution is 2.48. The van der Waals surface area contributed by atoms with Crippen molar-refractivity contribution in [2.45, 2.75) is 32.2 Å². The van der Waals surface area contributed by atoms with Crippen molar-refractivity contribution < 1.29 is 14.3 Å². The molecule has 2 bridgehead atoms. The number of halogens is 1. The number of carbonyl (C=O) groups excluding carboxylic acids is 1. The summed E-state index contributed by atoms with van der Waals surface area (Å²) in [5.74, 6) is 0.540. The van der Waals surface area contributed by atoms with Crippen molar-refractivity contribution >= 4 is 5.91 Å². The molecule has 108 valence electrons. The number of amides is 1. The SMILES string of the molecule is Cc1cc(F)cc(C(=O)NC2C3CCC(C3)C2CO)c1. The van der Waals surface area contributed by atoms with Gasteiger partial charge in [-0.15, -0.1) is 0 Å². The van der Waals surface area contributed by atoms with Crippen molar-refractivity contribution in [1.82, 2.24) is 5.32 Å². The Morgan fingerprint density at radius 3 is 2.80 bits per heavy atom. The minimum absolute atomic E-state index is 0.0369. The highest BCUT2D eigenvalue weighted by Gasteiger charge is 2.47. The van der Waals surface area contributed by atoms with Gasteiger partial charge in [0.15, 0.2) is 0 Å². The Bertz CT molecular complexity index is 511. The maximum Gasteiger partial charge on any atom is 0.251 e. The molecule has 0 heterocycles. The number of benzene rings is 1. The number of rotatable bonds is 3. The van der Waals surface area contributed by atoms with E-state index in [1.165, 1.54) is 12.1 Å². The van der Waals surface area contributed by atoms with E-state index in [2.05, 4.69) is 5.32 Å². The maximum atomic E-state index is 13.4. The first-order chi connectivity index (χ1) is 9.58. The molecule has 20 heavy (non-hydrogen) atoms. The van der Waals surface area contributed by atoms with Crippen molar-refractivity contribution in [3.8, 4) is 0 Å². The topological polar surface area (TPSA) is 49.3 Å². The zero-order valence-corrected chi connectivity index (χ0v) is 11.6. The number of fused-ring (bicyclic) bond motifs is 2. The number of carbonyl (C=O) groups is 1. The molecule has 1 aromatic rings. The lowest BCUT2D eigenvalue weighted by atomic mass is 9.85. The van der Waals surface area contributed by atoms with Gasteiger partial charge in [0.1, 0.15) is 5.82 Å². The van der Waals surface area contributed by atoms with Crippen LogP contribution >= 0.6 is 0 Å². The van der Waals surface area contributed by atoms with Gasteiger partial charge in [0, 0.05) is 24.1 Å². The Morgan fingerprint density at radius 2 is 2.10 bits per heavy atom. The first kappa shape index (κ1) is 13.6. The molecule has 2 fully saturated rings. The Labute approximate surface area is 118 Å². The molecule has 4 unspecified atom stereocenters. The van der Waals surface area contributed by atoms with Crippen molar-refractivity contribution in [3.63, 3.8) is 0 Å². The fourth-order valence-electron chi connectivity index (χ4n) is 4.00. The van der Waals surface area contributed by atoms with E-state index in [0.29, 0.717) is 17.4 Å². The summed E-state index contributed by atoms with van der Waals surface area (Å²) in [6.07, 6.45) is 3.37. The number of hydrogen-bond donors (Lipinski definition) is 2. The summed E-state index contributed by atoms with van der Waals surface area (Å²) in [7, 11) is 0. The van der Waals surface area contributed by atoms with Gasteiger partial charge in [0.25, 0.3) is 5.91 Å². The van der Waals surface area contributed by atoms with Crippen molar-refractivity contribution in [3.05, 3.63) is 35.1 Å². The average molecular weight is 277 g/mol. The van der Waals surface area contributed by atoms with Gasteiger partial charge in [0.05, 0.1) is 0 Å². The van der Waals surface area contributed by atoms with Gasteiger partial charge in [-0.1, -0.05) is 0 Å². The lowest BCUT2D eigenvalue weighted by Crippen LogP contribution is -2.45. The predicted molar refractivity (Wildman–Crippen MR) is 73.8 cm³/mol. The van der Waals surface area contributed by atoms with Crippen LogP contribution in [0.15, 0.2) is 18.2 Å². The minimum atomic E-state index is -0.387. The van der Waals surface area contributed by atoms with E-state index >= 15 is 0 Å².